The van der Waals surface area contributed by atoms with Crippen LogP contribution in [0.1, 0.15) is 38.2 Å². The molecule has 5 heteroatoms. The van der Waals surface area contributed by atoms with E-state index in [9.17, 15) is 4.79 Å². The summed E-state index contributed by atoms with van der Waals surface area (Å²) < 4.78 is 10.7. The van der Waals surface area contributed by atoms with E-state index in [0.717, 1.165) is 31.4 Å². The number of hydrogen-bond acceptors (Lipinski definition) is 5. The number of carbonyl (C=O) groups is 1. The fourth-order valence-corrected chi connectivity index (χ4v) is 3.43. The number of fused-ring (bicyclic) bond motifs is 1. The van der Waals surface area contributed by atoms with Gasteiger partial charge >= 0.3 is 5.97 Å². The Morgan fingerprint density at radius 2 is 2.19 bits per heavy atom. The zero-order valence-corrected chi connectivity index (χ0v) is 12.9. The van der Waals surface area contributed by atoms with E-state index in [-0.39, 0.29) is 12.6 Å². The average molecular weight is 292 g/mol. The normalized spacial score (nSPS) is 26.8. The highest BCUT2D eigenvalue weighted by Crippen LogP contribution is 2.26. The van der Waals surface area contributed by atoms with E-state index in [1.165, 1.54) is 26.3 Å². The first-order valence-electron chi connectivity index (χ1n) is 7.81. The molecule has 2 atom stereocenters. The lowest BCUT2D eigenvalue weighted by Crippen LogP contribution is -2.54. The lowest BCUT2D eigenvalue weighted by atomic mass is 10.1. The summed E-state index contributed by atoms with van der Waals surface area (Å²) in [6.07, 6.45) is 2.65. The minimum absolute atomic E-state index is 0.224. The van der Waals surface area contributed by atoms with E-state index in [4.69, 9.17) is 9.15 Å². The molecule has 3 rings (SSSR count). The number of furan rings is 1. The fourth-order valence-electron chi connectivity index (χ4n) is 3.43. The highest BCUT2D eigenvalue weighted by molar-refractivity contribution is 5.65. The van der Waals surface area contributed by atoms with Gasteiger partial charge in [-0.2, -0.15) is 0 Å². The van der Waals surface area contributed by atoms with Gasteiger partial charge < -0.3 is 9.15 Å². The van der Waals surface area contributed by atoms with Crippen molar-refractivity contribution in [2.45, 2.75) is 51.9 Å². The summed E-state index contributed by atoms with van der Waals surface area (Å²) in [5, 5.41) is 0. The zero-order chi connectivity index (χ0) is 14.8. The maximum atomic E-state index is 10.8. The lowest BCUT2D eigenvalue weighted by Gasteiger charge is -2.41. The topological polar surface area (TPSA) is 45.9 Å². The number of piperazine rings is 1. The van der Waals surface area contributed by atoms with Crippen LogP contribution in [0.3, 0.4) is 0 Å². The van der Waals surface area contributed by atoms with Crippen LogP contribution in [0.15, 0.2) is 16.5 Å². The average Bonchev–Trinajstić information content (AvgIpc) is 3.06. The number of nitrogens with zero attached hydrogens (tertiary/aromatic N) is 2. The van der Waals surface area contributed by atoms with Gasteiger partial charge in [0.05, 0.1) is 6.54 Å². The first kappa shape index (κ1) is 14.6. The Bertz CT molecular complexity index is 499. The summed E-state index contributed by atoms with van der Waals surface area (Å²) in [6.45, 7) is 8.31. The van der Waals surface area contributed by atoms with E-state index in [1.54, 1.807) is 0 Å². The van der Waals surface area contributed by atoms with E-state index >= 15 is 0 Å². The van der Waals surface area contributed by atoms with Crippen molar-refractivity contribution in [1.29, 1.82) is 0 Å². The van der Waals surface area contributed by atoms with Gasteiger partial charge in [0.1, 0.15) is 18.1 Å². The third-order valence-electron chi connectivity index (χ3n) is 4.56. The first-order chi connectivity index (χ1) is 10.1. The van der Waals surface area contributed by atoms with Gasteiger partial charge in [-0.15, -0.1) is 0 Å². The summed E-state index contributed by atoms with van der Waals surface area (Å²) in [4.78, 5) is 15.9. The largest absolute Gasteiger partial charge is 0.461 e. The second kappa shape index (κ2) is 6.20. The molecule has 0 saturated carbocycles. The molecule has 0 amide bonds. The van der Waals surface area contributed by atoms with Crippen LogP contribution >= 0.6 is 0 Å². The second-order valence-electron chi connectivity index (χ2n) is 6.22. The van der Waals surface area contributed by atoms with Crippen molar-refractivity contribution >= 4 is 5.97 Å². The number of esters is 1. The van der Waals surface area contributed by atoms with Crippen LogP contribution in [-0.2, 0) is 22.7 Å². The minimum Gasteiger partial charge on any atom is -0.461 e. The molecule has 2 aliphatic heterocycles. The molecule has 0 spiro atoms. The molecule has 0 radical (unpaired) electrons. The predicted molar refractivity (Wildman–Crippen MR) is 78.6 cm³/mol. The molecule has 0 N–H and O–H groups in total. The highest BCUT2D eigenvalue weighted by atomic mass is 16.5. The van der Waals surface area contributed by atoms with Gasteiger partial charge in [-0.25, -0.2) is 0 Å². The summed E-state index contributed by atoms with van der Waals surface area (Å²) in [5.74, 6) is 1.39. The van der Waals surface area contributed by atoms with Crippen LogP contribution in [0, 0.1) is 0 Å². The molecular weight excluding hydrogens is 268 g/mol. The van der Waals surface area contributed by atoms with Gasteiger partial charge in [0.2, 0.25) is 0 Å². The molecule has 116 valence electrons. The van der Waals surface area contributed by atoms with Crippen LogP contribution in [0.2, 0.25) is 0 Å². The Morgan fingerprint density at radius 3 is 3.00 bits per heavy atom. The van der Waals surface area contributed by atoms with Gasteiger partial charge in [0, 0.05) is 32.1 Å². The molecule has 3 heterocycles. The summed E-state index contributed by atoms with van der Waals surface area (Å²) in [6, 6.07) is 5.17. The molecule has 2 fully saturated rings. The number of rotatable bonds is 4. The Hall–Kier alpha value is -1.33. The van der Waals surface area contributed by atoms with E-state index < -0.39 is 0 Å². The van der Waals surface area contributed by atoms with Gasteiger partial charge in [0.25, 0.3) is 0 Å². The molecule has 1 aromatic rings. The van der Waals surface area contributed by atoms with Crippen molar-refractivity contribution in [3.05, 3.63) is 23.7 Å². The lowest BCUT2D eigenvalue weighted by molar-refractivity contribution is -0.142. The molecule has 0 aliphatic carbocycles. The minimum atomic E-state index is -0.279. The summed E-state index contributed by atoms with van der Waals surface area (Å²) >= 11 is 0. The highest BCUT2D eigenvalue weighted by Gasteiger charge is 2.34. The Kier molecular flexibility index (Phi) is 4.31. The summed E-state index contributed by atoms with van der Waals surface area (Å²) in [5.41, 5.74) is 0. The zero-order valence-electron chi connectivity index (χ0n) is 12.9. The number of hydrogen-bond donors (Lipinski definition) is 0. The molecule has 1 unspecified atom stereocenters. The summed E-state index contributed by atoms with van der Waals surface area (Å²) in [7, 11) is 0. The Labute approximate surface area is 125 Å². The number of carbonyl (C=O) groups excluding carboxylic acids is 1. The smallest absolute Gasteiger partial charge is 0.303 e. The van der Waals surface area contributed by atoms with Crippen molar-refractivity contribution in [3.8, 4) is 0 Å². The van der Waals surface area contributed by atoms with Crippen LogP contribution in [-0.4, -0.2) is 47.5 Å². The molecule has 1 aromatic heterocycles. The first-order valence-corrected chi connectivity index (χ1v) is 7.81. The SMILES string of the molecule is CC(=O)OCc1ccc(CN2CC3CCCN3C[C@H]2C)o1. The third kappa shape index (κ3) is 3.47. The van der Waals surface area contributed by atoms with Crippen LogP contribution in [0.5, 0.6) is 0 Å². The van der Waals surface area contributed by atoms with E-state index in [1.807, 2.05) is 12.1 Å². The standard InChI is InChI=1S/C16H24N2O3/c1-12-8-17-7-3-4-14(17)9-18(12)10-15-5-6-16(21-15)11-20-13(2)19/h5-6,12,14H,3-4,7-11H2,1-2H3/t12-,14?/m1/s1. The molecule has 0 bridgehead atoms. The quantitative estimate of drug-likeness (QED) is 0.794. The van der Waals surface area contributed by atoms with Gasteiger partial charge in [-0.1, -0.05) is 0 Å². The second-order valence-corrected chi connectivity index (χ2v) is 6.22. The van der Waals surface area contributed by atoms with Gasteiger partial charge in [-0.05, 0) is 38.4 Å². The molecule has 2 aliphatic rings. The van der Waals surface area contributed by atoms with E-state index in [2.05, 4.69) is 16.7 Å². The van der Waals surface area contributed by atoms with Gasteiger partial charge in [-0.3, -0.25) is 14.6 Å². The Balaban J connectivity index is 1.57. The van der Waals surface area contributed by atoms with Crippen molar-refractivity contribution < 1.29 is 13.9 Å². The maximum absolute atomic E-state index is 10.8. The fraction of sp³-hybridized carbons (Fsp3) is 0.688. The van der Waals surface area contributed by atoms with Crippen LogP contribution < -0.4 is 0 Å². The molecule has 5 nitrogen and oxygen atoms in total. The van der Waals surface area contributed by atoms with E-state index in [0.29, 0.717) is 11.8 Å². The molecule has 0 aromatic carbocycles. The van der Waals surface area contributed by atoms with Crippen molar-refractivity contribution in [3.63, 3.8) is 0 Å². The van der Waals surface area contributed by atoms with Crippen molar-refractivity contribution in [2.75, 3.05) is 19.6 Å². The molecular formula is C16H24N2O3. The van der Waals surface area contributed by atoms with Crippen LogP contribution in [0.25, 0.3) is 0 Å². The Morgan fingerprint density at radius 1 is 1.38 bits per heavy atom. The van der Waals surface area contributed by atoms with Gasteiger partial charge in [0.15, 0.2) is 0 Å². The molecule has 21 heavy (non-hydrogen) atoms. The number of ether oxygens (including phenoxy) is 1. The molecule has 2 saturated heterocycles. The van der Waals surface area contributed by atoms with Crippen molar-refractivity contribution in [1.82, 2.24) is 9.80 Å². The van der Waals surface area contributed by atoms with Crippen LogP contribution in [0.4, 0.5) is 0 Å². The monoisotopic (exact) mass is 292 g/mol. The third-order valence-corrected chi connectivity index (χ3v) is 4.56. The van der Waals surface area contributed by atoms with Crippen molar-refractivity contribution in [2.24, 2.45) is 0 Å². The maximum Gasteiger partial charge on any atom is 0.303 e. The predicted octanol–water partition coefficient (Wildman–Crippen LogP) is 2.01.